The normalized spacial score (nSPS) is 14.8. The van der Waals surface area contributed by atoms with E-state index in [0.29, 0.717) is 5.69 Å². The number of amides is 1. The highest BCUT2D eigenvalue weighted by atomic mass is 16.6. The highest BCUT2D eigenvalue weighted by Gasteiger charge is 2.33. The van der Waals surface area contributed by atoms with Gasteiger partial charge in [0.25, 0.3) is 11.6 Å². The number of rotatable bonds is 4. The Kier molecular flexibility index (Phi) is 4.86. The van der Waals surface area contributed by atoms with Crippen molar-refractivity contribution in [1.29, 1.82) is 0 Å². The van der Waals surface area contributed by atoms with Crippen molar-refractivity contribution in [2.45, 2.75) is 0 Å². The predicted octanol–water partition coefficient (Wildman–Crippen LogP) is 4.42. The Morgan fingerprint density at radius 3 is 2.31 bits per heavy atom. The standard InChI is InChI=1S/C22H15N3O4/c26-21-20(14-16-8-3-1-4-9-16)23-22(24(21)17-10-5-2-6-11-17)29-19-13-7-12-18(15-19)25(27)28/h1-15H/b20-14-. The summed E-state index contributed by atoms with van der Waals surface area (Å²) < 4.78 is 5.78. The van der Waals surface area contributed by atoms with Crippen molar-refractivity contribution in [3.63, 3.8) is 0 Å². The molecular weight excluding hydrogens is 370 g/mol. The second-order valence-electron chi connectivity index (χ2n) is 6.17. The van der Waals surface area contributed by atoms with Crippen LogP contribution in [0.1, 0.15) is 5.56 Å². The zero-order chi connectivity index (χ0) is 20.2. The molecule has 3 aromatic carbocycles. The fourth-order valence-corrected chi connectivity index (χ4v) is 2.84. The first-order valence-electron chi connectivity index (χ1n) is 8.79. The zero-order valence-corrected chi connectivity index (χ0v) is 15.1. The predicted molar refractivity (Wildman–Crippen MR) is 110 cm³/mol. The molecule has 4 rings (SSSR count). The first kappa shape index (κ1) is 18.1. The number of nitro benzene ring substituents is 1. The number of ether oxygens (including phenoxy) is 1. The molecule has 1 heterocycles. The lowest BCUT2D eigenvalue weighted by Gasteiger charge is -2.17. The molecule has 0 spiro atoms. The molecule has 7 heteroatoms. The number of non-ortho nitro benzene ring substituents is 1. The second-order valence-corrected chi connectivity index (χ2v) is 6.17. The molecule has 0 saturated heterocycles. The van der Waals surface area contributed by atoms with E-state index in [-0.39, 0.29) is 29.1 Å². The first-order valence-corrected chi connectivity index (χ1v) is 8.79. The van der Waals surface area contributed by atoms with E-state index in [0.717, 1.165) is 5.56 Å². The van der Waals surface area contributed by atoms with Crippen molar-refractivity contribution in [1.82, 2.24) is 0 Å². The summed E-state index contributed by atoms with van der Waals surface area (Å²) in [6.07, 6.45) is 1.67. The van der Waals surface area contributed by atoms with E-state index < -0.39 is 4.92 Å². The molecule has 0 aromatic heterocycles. The smallest absolute Gasteiger partial charge is 0.310 e. The number of nitrogens with zero attached hydrogens (tertiary/aromatic N) is 3. The summed E-state index contributed by atoms with van der Waals surface area (Å²) in [4.78, 5) is 29.3. The third-order valence-corrected chi connectivity index (χ3v) is 4.18. The molecule has 1 amide bonds. The van der Waals surface area contributed by atoms with Crippen LogP contribution in [0.4, 0.5) is 11.4 Å². The van der Waals surface area contributed by atoms with Crippen LogP contribution in [0.3, 0.4) is 0 Å². The van der Waals surface area contributed by atoms with E-state index in [4.69, 9.17) is 4.74 Å². The average molecular weight is 385 g/mol. The molecule has 0 fully saturated rings. The number of amidine groups is 1. The van der Waals surface area contributed by atoms with Crippen LogP contribution >= 0.6 is 0 Å². The van der Waals surface area contributed by atoms with Crippen molar-refractivity contribution >= 4 is 29.4 Å². The quantitative estimate of drug-likeness (QED) is 0.378. The third kappa shape index (κ3) is 3.89. The number of carbonyl (C=O) groups is 1. The summed E-state index contributed by atoms with van der Waals surface area (Å²) in [6, 6.07) is 24.1. The fourth-order valence-electron chi connectivity index (χ4n) is 2.84. The molecule has 29 heavy (non-hydrogen) atoms. The minimum atomic E-state index is -0.510. The maximum absolute atomic E-state index is 13.0. The van der Waals surface area contributed by atoms with Gasteiger partial charge < -0.3 is 4.74 Å². The molecule has 0 N–H and O–H groups in total. The highest BCUT2D eigenvalue weighted by Crippen LogP contribution is 2.27. The van der Waals surface area contributed by atoms with Gasteiger partial charge in [-0.3, -0.25) is 14.9 Å². The Morgan fingerprint density at radius 1 is 0.931 bits per heavy atom. The molecule has 7 nitrogen and oxygen atoms in total. The lowest BCUT2D eigenvalue weighted by molar-refractivity contribution is -0.384. The van der Waals surface area contributed by atoms with Crippen LogP contribution in [-0.2, 0) is 4.79 Å². The molecule has 0 bridgehead atoms. The summed E-state index contributed by atoms with van der Waals surface area (Å²) in [6.45, 7) is 0. The van der Waals surface area contributed by atoms with Gasteiger partial charge in [-0.1, -0.05) is 54.6 Å². The fraction of sp³-hybridized carbons (Fsp3) is 0. The second kappa shape index (κ2) is 7.77. The van der Waals surface area contributed by atoms with Crippen molar-refractivity contribution in [3.8, 4) is 5.75 Å². The van der Waals surface area contributed by atoms with E-state index >= 15 is 0 Å². The molecule has 142 valence electrons. The SMILES string of the molecule is O=C1/C(=C/c2ccccc2)N=C(Oc2cccc([N+](=O)[O-])c2)N1c1ccccc1. The Bertz CT molecular complexity index is 1130. The van der Waals surface area contributed by atoms with E-state index in [1.54, 1.807) is 36.4 Å². The molecule has 0 saturated carbocycles. The largest absolute Gasteiger partial charge is 0.425 e. The number of hydrogen-bond donors (Lipinski definition) is 0. The lowest BCUT2D eigenvalue weighted by atomic mass is 10.2. The van der Waals surface area contributed by atoms with Crippen molar-refractivity contribution < 1.29 is 14.5 Å². The molecule has 0 aliphatic carbocycles. The van der Waals surface area contributed by atoms with Gasteiger partial charge in [0, 0.05) is 6.07 Å². The van der Waals surface area contributed by atoms with Crippen LogP contribution in [-0.4, -0.2) is 16.9 Å². The lowest BCUT2D eigenvalue weighted by Crippen LogP contribution is -2.35. The van der Waals surface area contributed by atoms with Gasteiger partial charge in [-0.2, -0.15) is 4.99 Å². The van der Waals surface area contributed by atoms with Gasteiger partial charge in [-0.05, 0) is 29.8 Å². The molecule has 3 aromatic rings. The molecular formula is C22H15N3O4. The van der Waals surface area contributed by atoms with Crippen molar-refractivity contribution in [2.24, 2.45) is 4.99 Å². The molecule has 0 atom stereocenters. The van der Waals surface area contributed by atoms with Crippen LogP contribution in [0.25, 0.3) is 6.08 Å². The summed E-state index contributed by atoms with van der Waals surface area (Å²) in [5.74, 6) is -0.131. The number of hydrogen-bond acceptors (Lipinski definition) is 5. The average Bonchev–Trinajstić information content (AvgIpc) is 3.04. The van der Waals surface area contributed by atoms with Crippen LogP contribution in [0.2, 0.25) is 0 Å². The third-order valence-electron chi connectivity index (χ3n) is 4.18. The van der Waals surface area contributed by atoms with Crippen molar-refractivity contribution in [3.05, 3.63) is 106 Å². The van der Waals surface area contributed by atoms with Gasteiger partial charge in [0.2, 0.25) is 0 Å². The molecule has 0 radical (unpaired) electrons. The Balaban J connectivity index is 1.73. The summed E-state index contributed by atoms with van der Waals surface area (Å²) in [5.41, 5.74) is 1.50. The summed E-state index contributed by atoms with van der Waals surface area (Å²) in [5, 5.41) is 11.0. The first-order chi connectivity index (χ1) is 14.1. The summed E-state index contributed by atoms with van der Waals surface area (Å²) >= 11 is 0. The van der Waals surface area contributed by atoms with Crippen LogP contribution < -0.4 is 9.64 Å². The molecule has 1 aliphatic rings. The molecule has 1 aliphatic heterocycles. The van der Waals surface area contributed by atoms with Gasteiger partial charge in [-0.15, -0.1) is 0 Å². The Morgan fingerprint density at radius 2 is 1.62 bits per heavy atom. The number of nitro groups is 1. The van der Waals surface area contributed by atoms with Crippen LogP contribution in [0.5, 0.6) is 5.75 Å². The number of benzene rings is 3. The molecule has 0 unspecified atom stereocenters. The van der Waals surface area contributed by atoms with Gasteiger partial charge in [0.05, 0.1) is 16.7 Å². The van der Waals surface area contributed by atoms with E-state index in [9.17, 15) is 14.9 Å². The Hall–Kier alpha value is -4.26. The maximum Gasteiger partial charge on any atom is 0.310 e. The van der Waals surface area contributed by atoms with E-state index in [1.165, 1.54) is 23.1 Å². The van der Waals surface area contributed by atoms with E-state index in [1.807, 2.05) is 36.4 Å². The topological polar surface area (TPSA) is 85.0 Å². The minimum Gasteiger partial charge on any atom is -0.425 e. The maximum atomic E-state index is 13.0. The van der Waals surface area contributed by atoms with Crippen LogP contribution in [0.15, 0.2) is 95.6 Å². The van der Waals surface area contributed by atoms with Crippen LogP contribution in [0, 0.1) is 10.1 Å². The Labute approximate surface area is 166 Å². The van der Waals surface area contributed by atoms with Gasteiger partial charge >= 0.3 is 6.02 Å². The van der Waals surface area contributed by atoms with Gasteiger partial charge in [0.15, 0.2) is 0 Å². The highest BCUT2D eigenvalue weighted by molar-refractivity contribution is 6.27. The van der Waals surface area contributed by atoms with Crippen molar-refractivity contribution in [2.75, 3.05) is 4.90 Å². The number of aliphatic imine (C=N–C) groups is 1. The zero-order valence-electron chi connectivity index (χ0n) is 15.1. The summed E-state index contributed by atoms with van der Waals surface area (Å²) in [7, 11) is 0. The van der Waals surface area contributed by atoms with Gasteiger partial charge in [-0.25, -0.2) is 4.90 Å². The number of para-hydroxylation sites is 1. The number of carbonyl (C=O) groups excluding carboxylic acids is 1. The van der Waals surface area contributed by atoms with E-state index in [2.05, 4.69) is 4.99 Å². The van der Waals surface area contributed by atoms with Gasteiger partial charge in [0.1, 0.15) is 11.4 Å². The minimum absolute atomic E-state index is 0.0314. The number of anilines is 1. The monoisotopic (exact) mass is 385 g/mol.